The normalized spacial score (nSPS) is 14.6. The number of ether oxygens (including phenoxy) is 1. The van der Waals surface area contributed by atoms with Gasteiger partial charge in [0.05, 0.1) is 0 Å². The molecule has 0 aromatic heterocycles. The Morgan fingerprint density at radius 1 is 1.13 bits per heavy atom. The predicted octanol–water partition coefficient (Wildman–Crippen LogP) is 2.01. The third-order valence-corrected chi connectivity index (χ3v) is 3.50. The van der Waals surface area contributed by atoms with Crippen molar-refractivity contribution < 1.29 is 19.1 Å². The van der Waals surface area contributed by atoms with Crippen molar-refractivity contribution in [2.45, 2.75) is 31.7 Å². The van der Waals surface area contributed by atoms with Crippen LogP contribution in [0.1, 0.15) is 31.2 Å². The first kappa shape index (κ1) is 16.7. The fourth-order valence-corrected chi connectivity index (χ4v) is 2.37. The average Bonchev–Trinajstić information content (AvgIpc) is 3.04. The molecule has 1 aromatic rings. The second-order valence-corrected chi connectivity index (χ2v) is 5.35. The van der Waals surface area contributed by atoms with Crippen LogP contribution in [-0.4, -0.2) is 30.6 Å². The third kappa shape index (κ3) is 6.34. The number of hydrogen-bond acceptors (Lipinski definition) is 4. The van der Waals surface area contributed by atoms with Gasteiger partial charge in [0.1, 0.15) is 0 Å². The SMILES string of the molecule is O=C(COC(=O)/C=C/c1ccccc1)NC(=O)NC1CCCC1. The predicted molar refractivity (Wildman–Crippen MR) is 85.4 cm³/mol. The third-order valence-electron chi connectivity index (χ3n) is 3.50. The summed E-state index contributed by atoms with van der Waals surface area (Å²) in [6.07, 6.45) is 6.87. The molecule has 23 heavy (non-hydrogen) atoms. The molecule has 2 N–H and O–H groups in total. The molecule has 0 unspecified atom stereocenters. The van der Waals surface area contributed by atoms with Crippen LogP contribution in [0.25, 0.3) is 6.08 Å². The van der Waals surface area contributed by atoms with E-state index >= 15 is 0 Å². The van der Waals surface area contributed by atoms with Gasteiger partial charge in [-0.25, -0.2) is 9.59 Å². The van der Waals surface area contributed by atoms with Crippen molar-refractivity contribution >= 4 is 24.0 Å². The maximum Gasteiger partial charge on any atom is 0.331 e. The van der Waals surface area contributed by atoms with Crippen LogP contribution in [0.4, 0.5) is 4.79 Å². The van der Waals surface area contributed by atoms with Crippen LogP contribution in [0.3, 0.4) is 0 Å². The van der Waals surface area contributed by atoms with Crippen LogP contribution in [0.15, 0.2) is 36.4 Å². The largest absolute Gasteiger partial charge is 0.452 e. The van der Waals surface area contributed by atoms with Gasteiger partial charge in [-0.1, -0.05) is 43.2 Å². The fourth-order valence-electron chi connectivity index (χ4n) is 2.37. The lowest BCUT2D eigenvalue weighted by molar-refractivity contribution is -0.143. The smallest absolute Gasteiger partial charge is 0.331 e. The number of carbonyl (C=O) groups is 3. The Morgan fingerprint density at radius 3 is 2.52 bits per heavy atom. The Hall–Kier alpha value is -2.63. The molecule has 1 aromatic carbocycles. The first-order valence-corrected chi connectivity index (χ1v) is 7.64. The Balaban J connectivity index is 1.66. The van der Waals surface area contributed by atoms with Gasteiger partial charge in [0.25, 0.3) is 5.91 Å². The number of rotatable bonds is 5. The lowest BCUT2D eigenvalue weighted by atomic mass is 10.2. The zero-order valence-electron chi connectivity index (χ0n) is 12.8. The van der Waals surface area contributed by atoms with Crippen molar-refractivity contribution in [2.24, 2.45) is 0 Å². The minimum Gasteiger partial charge on any atom is -0.452 e. The summed E-state index contributed by atoms with van der Waals surface area (Å²) in [5, 5.41) is 4.86. The van der Waals surface area contributed by atoms with Gasteiger partial charge in [-0.05, 0) is 24.5 Å². The molecule has 1 saturated carbocycles. The Bertz CT molecular complexity index is 578. The highest BCUT2D eigenvalue weighted by Crippen LogP contribution is 2.17. The molecule has 0 heterocycles. The van der Waals surface area contributed by atoms with Gasteiger partial charge in [0.2, 0.25) is 0 Å². The molecule has 0 bridgehead atoms. The molecule has 0 spiro atoms. The van der Waals surface area contributed by atoms with Crippen molar-refractivity contribution in [3.8, 4) is 0 Å². The molecule has 2 rings (SSSR count). The molecule has 0 aliphatic heterocycles. The van der Waals surface area contributed by atoms with Crippen LogP contribution in [0.2, 0.25) is 0 Å². The van der Waals surface area contributed by atoms with E-state index in [4.69, 9.17) is 4.74 Å². The molecular weight excluding hydrogens is 296 g/mol. The van der Waals surface area contributed by atoms with E-state index in [1.165, 1.54) is 6.08 Å². The fraction of sp³-hybridized carbons (Fsp3) is 0.353. The zero-order chi connectivity index (χ0) is 16.5. The minimum absolute atomic E-state index is 0.124. The van der Waals surface area contributed by atoms with Crippen molar-refractivity contribution in [2.75, 3.05) is 6.61 Å². The number of carbonyl (C=O) groups excluding carboxylic acids is 3. The van der Waals surface area contributed by atoms with Gasteiger partial charge < -0.3 is 10.1 Å². The van der Waals surface area contributed by atoms with E-state index in [9.17, 15) is 14.4 Å². The van der Waals surface area contributed by atoms with Crippen molar-refractivity contribution in [1.82, 2.24) is 10.6 Å². The quantitative estimate of drug-likeness (QED) is 0.643. The highest BCUT2D eigenvalue weighted by atomic mass is 16.5. The minimum atomic E-state index is -0.651. The number of hydrogen-bond donors (Lipinski definition) is 2. The van der Waals surface area contributed by atoms with Crippen molar-refractivity contribution in [3.63, 3.8) is 0 Å². The Labute approximate surface area is 134 Å². The van der Waals surface area contributed by atoms with Crippen LogP contribution in [0.5, 0.6) is 0 Å². The number of amides is 3. The van der Waals surface area contributed by atoms with E-state index in [0.717, 1.165) is 31.2 Å². The van der Waals surface area contributed by atoms with Crippen LogP contribution in [-0.2, 0) is 14.3 Å². The van der Waals surface area contributed by atoms with E-state index in [1.807, 2.05) is 30.3 Å². The van der Waals surface area contributed by atoms with Crippen molar-refractivity contribution in [3.05, 3.63) is 42.0 Å². The first-order chi connectivity index (χ1) is 11.1. The molecule has 3 amide bonds. The molecule has 6 heteroatoms. The molecule has 6 nitrogen and oxygen atoms in total. The summed E-state index contributed by atoms with van der Waals surface area (Å²) in [7, 11) is 0. The number of nitrogens with one attached hydrogen (secondary N) is 2. The lowest BCUT2D eigenvalue weighted by Crippen LogP contribution is -2.44. The van der Waals surface area contributed by atoms with E-state index in [2.05, 4.69) is 10.6 Å². The second kappa shape index (κ2) is 8.73. The van der Waals surface area contributed by atoms with Gasteiger partial charge in [-0.2, -0.15) is 0 Å². The van der Waals surface area contributed by atoms with Gasteiger partial charge in [-0.3, -0.25) is 10.1 Å². The Morgan fingerprint density at radius 2 is 1.83 bits per heavy atom. The summed E-state index contributed by atoms with van der Waals surface area (Å²) >= 11 is 0. The summed E-state index contributed by atoms with van der Waals surface area (Å²) in [5.41, 5.74) is 0.852. The molecule has 1 fully saturated rings. The van der Waals surface area contributed by atoms with Crippen LogP contribution >= 0.6 is 0 Å². The summed E-state index contributed by atoms with van der Waals surface area (Å²) < 4.78 is 4.78. The highest BCUT2D eigenvalue weighted by molar-refractivity contribution is 5.96. The number of urea groups is 1. The summed E-state index contributed by atoms with van der Waals surface area (Å²) in [6.45, 7) is -0.490. The number of benzene rings is 1. The summed E-state index contributed by atoms with van der Waals surface area (Å²) in [4.78, 5) is 34.6. The lowest BCUT2D eigenvalue weighted by Gasteiger charge is -2.12. The van der Waals surface area contributed by atoms with Gasteiger partial charge in [0.15, 0.2) is 6.61 Å². The van der Waals surface area contributed by atoms with E-state index in [1.54, 1.807) is 6.08 Å². The molecule has 0 radical (unpaired) electrons. The van der Waals surface area contributed by atoms with Gasteiger partial charge in [-0.15, -0.1) is 0 Å². The number of esters is 1. The molecular formula is C17H20N2O4. The summed E-state index contributed by atoms with van der Waals surface area (Å²) in [5.74, 6) is -1.29. The molecule has 0 saturated heterocycles. The highest BCUT2D eigenvalue weighted by Gasteiger charge is 2.18. The van der Waals surface area contributed by atoms with Crippen LogP contribution < -0.4 is 10.6 Å². The maximum absolute atomic E-state index is 11.6. The van der Waals surface area contributed by atoms with E-state index in [-0.39, 0.29) is 6.04 Å². The van der Waals surface area contributed by atoms with Crippen LogP contribution in [0, 0.1) is 0 Å². The van der Waals surface area contributed by atoms with Gasteiger partial charge >= 0.3 is 12.0 Å². The molecule has 122 valence electrons. The van der Waals surface area contributed by atoms with Crippen molar-refractivity contribution in [1.29, 1.82) is 0 Å². The van der Waals surface area contributed by atoms with E-state index in [0.29, 0.717) is 0 Å². The first-order valence-electron chi connectivity index (χ1n) is 7.64. The average molecular weight is 316 g/mol. The van der Waals surface area contributed by atoms with E-state index < -0.39 is 24.5 Å². The monoisotopic (exact) mass is 316 g/mol. The zero-order valence-corrected chi connectivity index (χ0v) is 12.8. The molecule has 1 aliphatic rings. The Kier molecular flexibility index (Phi) is 6.35. The standard InChI is InChI=1S/C17H20N2O4/c20-15(19-17(22)18-14-8-4-5-9-14)12-23-16(21)11-10-13-6-2-1-3-7-13/h1-3,6-7,10-11,14H,4-5,8-9,12H2,(H2,18,19,20,22)/b11-10+. The summed E-state index contributed by atoms with van der Waals surface area (Å²) in [6, 6.07) is 8.82. The van der Waals surface area contributed by atoms with Gasteiger partial charge in [0, 0.05) is 12.1 Å². The number of imide groups is 1. The second-order valence-electron chi connectivity index (χ2n) is 5.35. The molecule has 1 aliphatic carbocycles. The topological polar surface area (TPSA) is 84.5 Å². The maximum atomic E-state index is 11.6. The molecule has 0 atom stereocenters.